The molecule has 0 saturated carbocycles. The van der Waals surface area contributed by atoms with Gasteiger partial charge in [0.2, 0.25) is 0 Å². The molecule has 3 aromatic rings. The third-order valence-electron chi connectivity index (χ3n) is 3.79. The van der Waals surface area contributed by atoms with Crippen molar-refractivity contribution in [3.63, 3.8) is 0 Å². The number of hydrogen-bond acceptors (Lipinski definition) is 3. The smallest absolute Gasteiger partial charge is 0.119 e. The highest BCUT2D eigenvalue weighted by Crippen LogP contribution is 2.29. The molecular weight excluding hydrogens is 286 g/mol. The Morgan fingerprint density at radius 3 is 2.87 bits per heavy atom. The number of nitriles is 1. The van der Waals surface area contributed by atoms with Gasteiger partial charge in [-0.1, -0.05) is 12.1 Å². The third kappa shape index (κ3) is 2.90. The van der Waals surface area contributed by atoms with Crippen LogP contribution >= 0.6 is 0 Å². The number of fused-ring (bicyclic) bond motifs is 1. The van der Waals surface area contributed by atoms with E-state index in [0.29, 0.717) is 5.57 Å². The summed E-state index contributed by atoms with van der Waals surface area (Å²) < 4.78 is 5.28. The summed E-state index contributed by atoms with van der Waals surface area (Å²) in [5.41, 5.74) is 4.45. The first-order chi connectivity index (χ1) is 11.2. The first-order valence-corrected chi connectivity index (χ1v) is 7.30. The van der Waals surface area contributed by atoms with Gasteiger partial charge in [0.1, 0.15) is 5.75 Å². The van der Waals surface area contributed by atoms with Gasteiger partial charge in [0, 0.05) is 35.4 Å². The normalized spacial score (nSPS) is 11.3. The Bertz CT molecular complexity index is 916. The van der Waals surface area contributed by atoms with Gasteiger partial charge < -0.3 is 15.0 Å². The molecule has 0 amide bonds. The van der Waals surface area contributed by atoms with Crippen molar-refractivity contribution < 1.29 is 4.74 Å². The summed E-state index contributed by atoms with van der Waals surface area (Å²) in [6, 6.07) is 16.0. The monoisotopic (exact) mass is 303 g/mol. The lowest BCUT2D eigenvalue weighted by atomic mass is 10.0. The van der Waals surface area contributed by atoms with Crippen molar-refractivity contribution in [2.45, 2.75) is 0 Å². The number of methoxy groups -OCH3 is 1. The fourth-order valence-corrected chi connectivity index (χ4v) is 2.57. The number of allylic oxidation sites excluding steroid dienone is 1. The van der Waals surface area contributed by atoms with Crippen molar-refractivity contribution in [1.82, 2.24) is 4.98 Å². The lowest BCUT2D eigenvalue weighted by Gasteiger charge is -2.03. The second-order valence-electron chi connectivity index (χ2n) is 5.16. The Kier molecular flexibility index (Phi) is 4.03. The second-order valence-corrected chi connectivity index (χ2v) is 5.16. The van der Waals surface area contributed by atoms with Gasteiger partial charge in [0.25, 0.3) is 0 Å². The van der Waals surface area contributed by atoms with Gasteiger partial charge in [0.15, 0.2) is 0 Å². The van der Waals surface area contributed by atoms with Crippen LogP contribution in [0.15, 0.2) is 48.7 Å². The van der Waals surface area contributed by atoms with Crippen LogP contribution in [0.3, 0.4) is 0 Å². The SMILES string of the molecule is CNc1cccc(/C=C(\C#N)c2c[nH]c3ccc(OC)cc23)c1. The number of aromatic nitrogens is 1. The summed E-state index contributed by atoms with van der Waals surface area (Å²) in [5, 5.41) is 13.7. The molecule has 4 nitrogen and oxygen atoms in total. The Labute approximate surface area is 135 Å². The number of H-pyrrole nitrogens is 1. The number of hydrogen-bond donors (Lipinski definition) is 2. The van der Waals surface area contributed by atoms with E-state index in [4.69, 9.17) is 4.74 Å². The van der Waals surface area contributed by atoms with Crippen LogP contribution in [0.1, 0.15) is 11.1 Å². The average Bonchev–Trinajstić information content (AvgIpc) is 3.02. The minimum Gasteiger partial charge on any atom is -0.497 e. The first kappa shape index (κ1) is 14.7. The largest absolute Gasteiger partial charge is 0.497 e. The minimum absolute atomic E-state index is 0.609. The molecule has 0 atom stereocenters. The molecule has 0 fully saturated rings. The van der Waals surface area contributed by atoms with Crippen LogP contribution in [0.25, 0.3) is 22.6 Å². The molecular formula is C19H17N3O. The van der Waals surface area contributed by atoms with Crippen molar-refractivity contribution >= 4 is 28.2 Å². The van der Waals surface area contributed by atoms with E-state index in [1.807, 2.05) is 61.8 Å². The topological polar surface area (TPSA) is 60.8 Å². The van der Waals surface area contributed by atoms with E-state index >= 15 is 0 Å². The van der Waals surface area contributed by atoms with Crippen molar-refractivity contribution in [2.24, 2.45) is 0 Å². The molecule has 0 bridgehead atoms. The molecule has 0 radical (unpaired) electrons. The first-order valence-electron chi connectivity index (χ1n) is 7.30. The summed E-state index contributed by atoms with van der Waals surface area (Å²) in [5.74, 6) is 0.771. The Morgan fingerprint density at radius 2 is 2.13 bits per heavy atom. The lowest BCUT2D eigenvalue weighted by molar-refractivity contribution is 0.415. The summed E-state index contributed by atoms with van der Waals surface area (Å²) in [6.45, 7) is 0. The fraction of sp³-hybridized carbons (Fsp3) is 0.105. The quantitative estimate of drug-likeness (QED) is 0.707. The molecule has 0 aliphatic carbocycles. The van der Waals surface area contributed by atoms with Crippen molar-refractivity contribution in [3.05, 3.63) is 59.8 Å². The lowest BCUT2D eigenvalue weighted by Crippen LogP contribution is -1.88. The minimum atomic E-state index is 0.609. The number of aromatic amines is 1. The zero-order chi connectivity index (χ0) is 16.2. The maximum Gasteiger partial charge on any atom is 0.119 e. The zero-order valence-corrected chi connectivity index (χ0v) is 13.1. The Hall–Kier alpha value is -3.19. The molecule has 2 N–H and O–H groups in total. The Balaban J connectivity index is 2.10. The number of nitrogens with zero attached hydrogens (tertiary/aromatic N) is 1. The van der Waals surface area contributed by atoms with Crippen LogP contribution in [0.2, 0.25) is 0 Å². The van der Waals surface area contributed by atoms with Gasteiger partial charge in [-0.05, 0) is 42.0 Å². The van der Waals surface area contributed by atoms with Crippen molar-refractivity contribution in [3.8, 4) is 11.8 Å². The number of nitrogens with one attached hydrogen (secondary N) is 2. The van der Waals surface area contributed by atoms with E-state index in [0.717, 1.165) is 33.5 Å². The molecule has 2 aromatic carbocycles. The van der Waals surface area contributed by atoms with E-state index in [1.165, 1.54) is 0 Å². The van der Waals surface area contributed by atoms with Crippen LogP contribution < -0.4 is 10.1 Å². The number of benzene rings is 2. The van der Waals surface area contributed by atoms with Crippen LogP contribution in [0.4, 0.5) is 5.69 Å². The highest BCUT2D eigenvalue weighted by atomic mass is 16.5. The molecule has 1 aromatic heterocycles. The maximum atomic E-state index is 9.59. The summed E-state index contributed by atoms with van der Waals surface area (Å²) in [6.07, 6.45) is 3.75. The molecule has 0 aliphatic heterocycles. The van der Waals surface area contributed by atoms with Crippen LogP contribution in [0.5, 0.6) is 5.75 Å². The highest BCUT2D eigenvalue weighted by Gasteiger charge is 2.09. The van der Waals surface area contributed by atoms with E-state index < -0.39 is 0 Å². The molecule has 114 valence electrons. The van der Waals surface area contributed by atoms with Gasteiger partial charge >= 0.3 is 0 Å². The van der Waals surface area contributed by atoms with Gasteiger partial charge in [-0.15, -0.1) is 0 Å². The maximum absolute atomic E-state index is 9.59. The summed E-state index contributed by atoms with van der Waals surface area (Å²) >= 11 is 0. The molecule has 0 aliphatic rings. The molecule has 0 spiro atoms. The molecule has 3 rings (SSSR count). The summed E-state index contributed by atoms with van der Waals surface area (Å²) in [4.78, 5) is 3.20. The van der Waals surface area contributed by atoms with E-state index in [1.54, 1.807) is 7.11 Å². The molecule has 1 heterocycles. The molecule has 4 heteroatoms. The molecule has 0 unspecified atom stereocenters. The predicted molar refractivity (Wildman–Crippen MR) is 94.3 cm³/mol. The van der Waals surface area contributed by atoms with Gasteiger partial charge in [0.05, 0.1) is 18.8 Å². The standard InChI is InChI=1S/C19H17N3O/c1-21-15-5-3-4-13(9-15)8-14(11-20)18-12-22-19-7-6-16(23-2)10-17(18)19/h3-10,12,21-22H,1-2H3/b14-8+. The zero-order valence-electron chi connectivity index (χ0n) is 13.1. The highest BCUT2D eigenvalue weighted by molar-refractivity contribution is 6.01. The fourth-order valence-electron chi connectivity index (χ4n) is 2.57. The molecule has 0 saturated heterocycles. The molecule has 23 heavy (non-hydrogen) atoms. The van der Waals surface area contributed by atoms with E-state index in [9.17, 15) is 5.26 Å². The number of anilines is 1. The van der Waals surface area contributed by atoms with Crippen molar-refractivity contribution in [2.75, 3.05) is 19.5 Å². The second kappa shape index (κ2) is 6.29. The average molecular weight is 303 g/mol. The van der Waals surface area contributed by atoms with Crippen LogP contribution in [0, 0.1) is 11.3 Å². The van der Waals surface area contributed by atoms with E-state index in [2.05, 4.69) is 16.4 Å². The van der Waals surface area contributed by atoms with Gasteiger partial charge in [-0.3, -0.25) is 0 Å². The summed E-state index contributed by atoms with van der Waals surface area (Å²) in [7, 11) is 3.51. The van der Waals surface area contributed by atoms with Crippen LogP contribution in [-0.4, -0.2) is 19.1 Å². The van der Waals surface area contributed by atoms with Gasteiger partial charge in [-0.25, -0.2) is 0 Å². The number of rotatable bonds is 4. The third-order valence-corrected chi connectivity index (χ3v) is 3.79. The Morgan fingerprint density at radius 1 is 1.26 bits per heavy atom. The number of ether oxygens (including phenoxy) is 1. The predicted octanol–water partition coefficient (Wildman–Crippen LogP) is 4.28. The van der Waals surface area contributed by atoms with Crippen LogP contribution in [-0.2, 0) is 0 Å². The van der Waals surface area contributed by atoms with Gasteiger partial charge in [-0.2, -0.15) is 5.26 Å². The van der Waals surface area contributed by atoms with Crippen molar-refractivity contribution in [1.29, 1.82) is 5.26 Å². The van der Waals surface area contributed by atoms with E-state index in [-0.39, 0.29) is 0 Å².